The van der Waals surface area contributed by atoms with Gasteiger partial charge < -0.3 is 13.6 Å². The maximum absolute atomic E-state index is 12.6. The summed E-state index contributed by atoms with van der Waals surface area (Å²) in [7, 11) is 0. The van der Waals surface area contributed by atoms with Crippen molar-refractivity contribution in [1.82, 2.24) is 0 Å². The molecule has 2 aliphatic rings. The van der Waals surface area contributed by atoms with Gasteiger partial charge in [-0.25, -0.2) is 4.79 Å². The van der Waals surface area contributed by atoms with E-state index in [1.165, 1.54) is 22.4 Å². The Balaban J connectivity index is 1.60. The molecular weight excluding hydrogens is 342 g/mol. The van der Waals surface area contributed by atoms with Crippen molar-refractivity contribution >= 4 is 11.0 Å². The summed E-state index contributed by atoms with van der Waals surface area (Å²) in [5, 5.41) is 1.10. The van der Waals surface area contributed by atoms with Gasteiger partial charge in [0.25, 0.3) is 0 Å². The number of hydrogen-bond donors (Lipinski definition) is 1. The van der Waals surface area contributed by atoms with Crippen LogP contribution in [0.3, 0.4) is 0 Å². The van der Waals surface area contributed by atoms with Gasteiger partial charge >= 0.3 is 5.63 Å². The van der Waals surface area contributed by atoms with Crippen molar-refractivity contribution in [2.45, 2.75) is 52.1 Å². The Bertz CT molecular complexity index is 1050. The number of fused-ring (bicyclic) bond motifs is 4. The second-order valence-corrected chi connectivity index (χ2v) is 7.75. The molecule has 0 spiro atoms. The van der Waals surface area contributed by atoms with Crippen molar-refractivity contribution < 1.29 is 18.5 Å². The minimum absolute atomic E-state index is 0.164. The molecule has 27 heavy (non-hydrogen) atoms. The molecule has 1 unspecified atom stereocenters. The van der Waals surface area contributed by atoms with E-state index in [4.69, 9.17) is 13.6 Å². The van der Waals surface area contributed by atoms with Crippen LogP contribution in [0.5, 0.6) is 5.75 Å². The minimum atomic E-state index is -0.164. The summed E-state index contributed by atoms with van der Waals surface area (Å²) in [6.07, 6.45) is 6.87. The van der Waals surface area contributed by atoms with Gasteiger partial charge in [-0.3, -0.25) is 4.90 Å². The Morgan fingerprint density at radius 2 is 2.00 bits per heavy atom. The van der Waals surface area contributed by atoms with Crippen molar-refractivity contribution in [3.8, 4) is 5.75 Å². The third-order valence-electron chi connectivity index (χ3n) is 5.89. The number of ether oxygens (including phenoxy) is 1. The van der Waals surface area contributed by atoms with Crippen LogP contribution in [-0.4, -0.2) is 6.73 Å². The van der Waals surface area contributed by atoms with Gasteiger partial charge in [0.05, 0.1) is 6.26 Å². The number of rotatable bonds is 2. The van der Waals surface area contributed by atoms with Crippen LogP contribution >= 0.6 is 0 Å². The van der Waals surface area contributed by atoms with Gasteiger partial charge in [0.15, 0.2) is 5.76 Å². The Morgan fingerprint density at radius 1 is 1.15 bits per heavy atom. The van der Waals surface area contributed by atoms with E-state index in [1.807, 2.05) is 19.1 Å². The fraction of sp³-hybridized carbons (Fsp3) is 0.409. The normalized spacial score (nSPS) is 19.2. The van der Waals surface area contributed by atoms with E-state index < -0.39 is 0 Å². The Labute approximate surface area is 157 Å². The monoisotopic (exact) mass is 366 g/mol. The summed E-state index contributed by atoms with van der Waals surface area (Å²) >= 11 is 0. The zero-order chi connectivity index (χ0) is 18.4. The first kappa shape index (κ1) is 16.6. The molecule has 1 aliphatic heterocycles. The van der Waals surface area contributed by atoms with E-state index in [9.17, 15) is 4.79 Å². The second-order valence-electron chi connectivity index (χ2n) is 7.75. The molecule has 5 heteroatoms. The van der Waals surface area contributed by atoms with Crippen molar-refractivity contribution in [2.24, 2.45) is 0 Å². The molecule has 5 rings (SSSR count). The number of aryl methyl sites for hydroxylation is 2. The first-order valence-corrected chi connectivity index (χ1v) is 9.80. The molecule has 0 bridgehead atoms. The Morgan fingerprint density at radius 3 is 2.81 bits per heavy atom. The van der Waals surface area contributed by atoms with E-state index in [2.05, 4.69) is 6.07 Å². The van der Waals surface area contributed by atoms with Crippen LogP contribution in [0.2, 0.25) is 0 Å². The van der Waals surface area contributed by atoms with Gasteiger partial charge in [-0.2, -0.15) is 0 Å². The molecule has 1 N–H and O–H groups in total. The highest BCUT2D eigenvalue weighted by atomic mass is 16.5. The smallest absolute Gasteiger partial charge is 0.339 e. The van der Waals surface area contributed by atoms with Gasteiger partial charge in [0.1, 0.15) is 24.4 Å². The number of hydrogen-bond acceptors (Lipinski definition) is 4. The summed E-state index contributed by atoms with van der Waals surface area (Å²) in [6.45, 7) is 4.26. The van der Waals surface area contributed by atoms with Crippen LogP contribution in [0, 0.1) is 6.92 Å². The molecule has 0 saturated heterocycles. The topological polar surface area (TPSA) is 57.0 Å². The predicted molar refractivity (Wildman–Crippen MR) is 101 cm³/mol. The average molecular weight is 366 g/mol. The minimum Gasteiger partial charge on any atom is -0.463 e. The van der Waals surface area contributed by atoms with Crippen LogP contribution < -0.4 is 15.3 Å². The van der Waals surface area contributed by atoms with Crippen molar-refractivity contribution in [3.63, 3.8) is 0 Å². The van der Waals surface area contributed by atoms with Gasteiger partial charge in [-0.1, -0.05) is 6.42 Å². The standard InChI is InChI=1S/C22H23NO4/c1-14-20-15(11-23(13-26-20)12-16-6-5-9-25-16)10-19-17-7-3-2-4-8-18(17)22(24)27-21(14)19/h5-6,9-10H,2-4,7-8,11-13H2,1H3/p+1. The summed E-state index contributed by atoms with van der Waals surface area (Å²) in [5.74, 6) is 1.84. The molecule has 140 valence electrons. The summed E-state index contributed by atoms with van der Waals surface area (Å²) in [6, 6.07) is 6.12. The molecule has 3 heterocycles. The number of nitrogens with one attached hydrogen (secondary N) is 1. The lowest BCUT2D eigenvalue weighted by molar-refractivity contribution is -0.946. The summed E-state index contributed by atoms with van der Waals surface area (Å²) in [4.78, 5) is 13.9. The van der Waals surface area contributed by atoms with Crippen molar-refractivity contribution in [1.29, 1.82) is 0 Å². The molecule has 0 saturated carbocycles. The van der Waals surface area contributed by atoms with Crippen molar-refractivity contribution in [2.75, 3.05) is 6.73 Å². The van der Waals surface area contributed by atoms with E-state index in [0.29, 0.717) is 12.3 Å². The molecule has 2 aromatic heterocycles. The number of benzene rings is 1. The van der Waals surface area contributed by atoms with E-state index in [-0.39, 0.29) is 5.63 Å². The molecule has 5 nitrogen and oxygen atoms in total. The van der Waals surface area contributed by atoms with E-state index >= 15 is 0 Å². The fourth-order valence-electron chi connectivity index (χ4n) is 4.57. The first-order chi connectivity index (χ1) is 13.2. The van der Waals surface area contributed by atoms with Gasteiger partial charge in [0, 0.05) is 22.1 Å². The van der Waals surface area contributed by atoms with Crippen LogP contribution in [-0.2, 0) is 25.9 Å². The zero-order valence-electron chi connectivity index (χ0n) is 15.6. The predicted octanol–water partition coefficient (Wildman–Crippen LogP) is 2.90. The Hall–Kier alpha value is -2.53. The third kappa shape index (κ3) is 2.86. The van der Waals surface area contributed by atoms with Crippen LogP contribution in [0.25, 0.3) is 11.0 Å². The van der Waals surface area contributed by atoms with Gasteiger partial charge in [-0.05, 0) is 56.4 Å². The lowest BCUT2D eigenvalue weighted by atomic mass is 9.96. The zero-order valence-corrected chi connectivity index (χ0v) is 15.6. The second kappa shape index (κ2) is 6.57. The molecule has 1 aliphatic carbocycles. The highest BCUT2D eigenvalue weighted by Crippen LogP contribution is 2.35. The first-order valence-electron chi connectivity index (χ1n) is 9.80. The van der Waals surface area contributed by atoms with Crippen molar-refractivity contribution in [3.05, 3.63) is 62.9 Å². The number of quaternary nitrogens is 1. The lowest BCUT2D eigenvalue weighted by Crippen LogP contribution is -3.10. The molecule has 0 amide bonds. The van der Waals surface area contributed by atoms with Crippen LogP contribution in [0.1, 0.15) is 47.3 Å². The molecule has 3 aromatic rings. The average Bonchev–Trinajstić information content (AvgIpc) is 3.04. The summed E-state index contributed by atoms with van der Waals surface area (Å²) in [5.41, 5.74) is 4.76. The highest BCUT2D eigenvalue weighted by Gasteiger charge is 2.27. The Kier molecular flexibility index (Phi) is 4.05. The SMILES string of the molecule is Cc1c2c(cc3c4c(c(=O)oc13)CCCCC4)C[NH+](Cc1ccco1)CO2. The maximum Gasteiger partial charge on any atom is 0.339 e. The fourth-order valence-corrected chi connectivity index (χ4v) is 4.57. The van der Waals surface area contributed by atoms with Crippen LogP contribution in [0.4, 0.5) is 0 Å². The largest absolute Gasteiger partial charge is 0.463 e. The molecule has 0 radical (unpaired) electrons. The lowest BCUT2D eigenvalue weighted by Gasteiger charge is -2.27. The molecular formula is C22H24NO4+. The summed E-state index contributed by atoms with van der Waals surface area (Å²) < 4.78 is 17.4. The highest BCUT2D eigenvalue weighted by molar-refractivity contribution is 5.87. The number of furan rings is 1. The van der Waals surface area contributed by atoms with Gasteiger partial charge in [0.2, 0.25) is 6.73 Å². The quantitative estimate of drug-likeness (QED) is 0.560. The van der Waals surface area contributed by atoms with E-state index in [1.54, 1.807) is 6.26 Å². The van der Waals surface area contributed by atoms with E-state index in [0.717, 1.165) is 66.8 Å². The van der Waals surface area contributed by atoms with Crippen LogP contribution in [0.15, 0.2) is 38.1 Å². The maximum atomic E-state index is 12.6. The third-order valence-corrected chi connectivity index (χ3v) is 5.89. The molecule has 1 aromatic carbocycles. The van der Waals surface area contributed by atoms with Gasteiger partial charge in [-0.15, -0.1) is 0 Å². The molecule has 1 atom stereocenters. The molecule has 0 fully saturated rings.